The molecule has 0 fully saturated rings. The lowest BCUT2D eigenvalue weighted by atomic mass is 9.90. The Bertz CT molecular complexity index is 298. The van der Waals surface area contributed by atoms with Crippen LogP contribution in [0.15, 0.2) is 18.3 Å². The molecule has 0 bridgehead atoms. The Hall–Kier alpha value is -1.16. The van der Waals surface area contributed by atoms with Crippen molar-refractivity contribution in [3.63, 3.8) is 0 Å². The van der Waals surface area contributed by atoms with E-state index in [1.54, 1.807) is 6.07 Å². The number of rotatable bonds is 5. The molecular weight excluding hydrogens is 195 g/mol. The second kappa shape index (κ2) is 5.07. The second-order valence-electron chi connectivity index (χ2n) is 4.35. The number of pyridine rings is 1. The van der Waals surface area contributed by atoms with Gasteiger partial charge in [-0.25, -0.2) is 9.37 Å². The highest BCUT2D eigenvalue weighted by atomic mass is 19.1. The summed E-state index contributed by atoms with van der Waals surface area (Å²) in [5.74, 6) is 0.317. The number of nitrogens with one attached hydrogen (secondary N) is 1. The molecule has 0 atom stereocenters. The molecule has 0 aromatic carbocycles. The molecule has 1 aromatic rings. The van der Waals surface area contributed by atoms with Gasteiger partial charge in [-0.1, -0.05) is 13.8 Å². The SMILES string of the molecule is CC(C)(CCO)CNc1ccc(F)cn1. The molecule has 0 saturated heterocycles. The van der Waals surface area contributed by atoms with Gasteiger partial charge in [-0.2, -0.15) is 0 Å². The highest BCUT2D eigenvalue weighted by Crippen LogP contribution is 2.20. The minimum absolute atomic E-state index is 0.00478. The first kappa shape index (κ1) is 11.9. The molecule has 1 heterocycles. The number of anilines is 1. The van der Waals surface area contributed by atoms with Crippen molar-refractivity contribution in [1.82, 2.24) is 4.98 Å². The molecule has 0 spiro atoms. The molecular formula is C11H17FN2O. The third-order valence-corrected chi connectivity index (χ3v) is 2.26. The smallest absolute Gasteiger partial charge is 0.141 e. The molecule has 0 aliphatic rings. The summed E-state index contributed by atoms with van der Waals surface area (Å²) >= 11 is 0. The van der Waals surface area contributed by atoms with Gasteiger partial charge in [0.15, 0.2) is 0 Å². The van der Waals surface area contributed by atoms with Crippen molar-refractivity contribution in [2.75, 3.05) is 18.5 Å². The van der Waals surface area contributed by atoms with Crippen molar-refractivity contribution in [2.45, 2.75) is 20.3 Å². The van der Waals surface area contributed by atoms with E-state index >= 15 is 0 Å². The number of hydrogen-bond donors (Lipinski definition) is 2. The maximum atomic E-state index is 12.6. The summed E-state index contributed by atoms with van der Waals surface area (Å²) in [7, 11) is 0. The molecule has 0 aliphatic carbocycles. The third-order valence-electron chi connectivity index (χ3n) is 2.26. The van der Waals surface area contributed by atoms with Crippen molar-refractivity contribution >= 4 is 5.82 Å². The Balaban J connectivity index is 2.46. The fraction of sp³-hybridized carbons (Fsp3) is 0.545. The van der Waals surface area contributed by atoms with Crippen LogP contribution in [-0.2, 0) is 0 Å². The molecule has 1 rings (SSSR count). The minimum Gasteiger partial charge on any atom is -0.396 e. The van der Waals surface area contributed by atoms with E-state index in [2.05, 4.69) is 24.1 Å². The van der Waals surface area contributed by atoms with Gasteiger partial charge < -0.3 is 10.4 Å². The molecule has 1 aromatic heterocycles. The van der Waals surface area contributed by atoms with Crippen LogP contribution in [0.4, 0.5) is 10.2 Å². The maximum absolute atomic E-state index is 12.6. The number of aromatic nitrogens is 1. The van der Waals surface area contributed by atoms with Crippen molar-refractivity contribution < 1.29 is 9.50 Å². The van der Waals surface area contributed by atoms with E-state index in [1.807, 2.05) is 0 Å². The van der Waals surface area contributed by atoms with Crippen molar-refractivity contribution in [3.05, 3.63) is 24.1 Å². The lowest BCUT2D eigenvalue weighted by Crippen LogP contribution is -2.24. The zero-order chi connectivity index (χ0) is 11.3. The van der Waals surface area contributed by atoms with Gasteiger partial charge in [0.25, 0.3) is 0 Å². The van der Waals surface area contributed by atoms with Crippen molar-refractivity contribution in [2.24, 2.45) is 5.41 Å². The Kier molecular flexibility index (Phi) is 4.03. The molecule has 84 valence electrons. The van der Waals surface area contributed by atoms with Crippen LogP contribution in [0.2, 0.25) is 0 Å². The Morgan fingerprint density at radius 1 is 1.47 bits per heavy atom. The molecule has 0 amide bonds. The zero-order valence-corrected chi connectivity index (χ0v) is 9.13. The van der Waals surface area contributed by atoms with Crippen LogP contribution in [0.3, 0.4) is 0 Å². The van der Waals surface area contributed by atoms with E-state index < -0.39 is 0 Å². The molecule has 0 unspecified atom stereocenters. The normalized spacial score (nSPS) is 11.5. The van der Waals surface area contributed by atoms with Crippen LogP contribution in [0, 0.1) is 11.2 Å². The summed E-state index contributed by atoms with van der Waals surface area (Å²) < 4.78 is 12.6. The number of hydrogen-bond acceptors (Lipinski definition) is 3. The lowest BCUT2D eigenvalue weighted by Gasteiger charge is -2.24. The number of halogens is 1. The van der Waals surface area contributed by atoms with E-state index in [9.17, 15) is 4.39 Å². The average Bonchev–Trinajstić information content (AvgIpc) is 2.17. The lowest BCUT2D eigenvalue weighted by molar-refractivity contribution is 0.220. The minimum atomic E-state index is -0.338. The quantitative estimate of drug-likeness (QED) is 0.785. The first-order valence-corrected chi connectivity index (χ1v) is 5.00. The van der Waals surface area contributed by atoms with Gasteiger partial charge in [0.1, 0.15) is 11.6 Å². The maximum Gasteiger partial charge on any atom is 0.141 e. The van der Waals surface area contributed by atoms with Crippen LogP contribution in [0.25, 0.3) is 0 Å². The van der Waals surface area contributed by atoms with Crippen LogP contribution in [0.1, 0.15) is 20.3 Å². The van der Waals surface area contributed by atoms with Gasteiger partial charge in [0, 0.05) is 13.2 Å². The molecule has 0 aliphatic heterocycles. The van der Waals surface area contributed by atoms with Gasteiger partial charge in [-0.3, -0.25) is 0 Å². The molecule has 0 radical (unpaired) electrons. The number of aliphatic hydroxyl groups is 1. The molecule has 4 heteroatoms. The second-order valence-corrected chi connectivity index (χ2v) is 4.35. The Labute approximate surface area is 89.4 Å². The van der Waals surface area contributed by atoms with Crippen LogP contribution >= 0.6 is 0 Å². The van der Waals surface area contributed by atoms with E-state index in [-0.39, 0.29) is 17.8 Å². The van der Waals surface area contributed by atoms with Gasteiger partial charge in [-0.15, -0.1) is 0 Å². The van der Waals surface area contributed by atoms with Gasteiger partial charge in [0.2, 0.25) is 0 Å². The fourth-order valence-corrected chi connectivity index (χ4v) is 1.20. The van der Waals surface area contributed by atoms with E-state index in [4.69, 9.17) is 5.11 Å². The standard InChI is InChI=1S/C11H17FN2O/c1-11(2,5-6-15)8-14-10-4-3-9(12)7-13-10/h3-4,7,15H,5-6,8H2,1-2H3,(H,13,14). The topological polar surface area (TPSA) is 45.1 Å². The number of aliphatic hydroxyl groups excluding tert-OH is 1. The number of nitrogens with zero attached hydrogens (tertiary/aromatic N) is 1. The highest BCUT2D eigenvalue weighted by Gasteiger charge is 2.16. The van der Waals surface area contributed by atoms with E-state index in [0.717, 1.165) is 6.42 Å². The van der Waals surface area contributed by atoms with Crippen molar-refractivity contribution in [3.8, 4) is 0 Å². The molecule has 15 heavy (non-hydrogen) atoms. The van der Waals surface area contributed by atoms with E-state index in [0.29, 0.717) is 12.4 Å². The summed E-state index contributed by atoms with van der Waals surface area (Å²) in [6, 6.07) is 2.97. The fourth-order valence-electron chi connectivity index (χ4n) is 1.20. The first-order chi connectivity index (χ1) is 7.03. The zero-order valence-electron chi connectivity index (χ0n) is 9.13. The highest BCUT2D eigenvalue weighted by molar-refractivity contribution is 5.33. The Morgan fingerprint density at radius 3 is 2.73 bits per heavy atom. The van der Waals surface area contributed by atoms with Crippen LogP contribution < -0.4 is 5.32 Å². The van der Waals surface area contributed by atoms with Gasteiger partial charge in [-0.05, 0) is 24.0 Å². The van der Waals surface area contributed by atoms with Crippen LogP contribution in [0.5, 0.6) is 0 Å². The summed E-state index contributed by atoms with van der Waals surface area (Å²) in [6.07, 6.45) is 1.91. The predicted molar refractivity (Wildman–Crippen MR) is 58.2 cm³/mol. The van der Waals surface area contributed by atoms with Crippen molar-refractivity contribution in [1.29, 1.82) is 0 Å². The van der Waals surface area contributed by atoms with Crippen LogP contribution in [-0.4, -0.2) is 23.2 Å². The Morgan fingerprint density at radius 2 is 2.20 bits per heavy atom. The first-order valence-electron chi connectivity index (χ1n) is 5.00. The predicted octanol–water partition coefficient (Wildman–Crippen LogP) is 2.04. The summed E-state index contributed by atoms with van der Waals surface area (Å²) in [6.45, 7) is 4.98. The summed E-state index contributed by atoms with van der Waals surface area (Å²) in [4.78, 5) is 3.89. The van der Waals surface area contributed by atoms with Gasteiger partial charge in [0.05, 0.1) is 6.20 Å². The average molecular weight is 212 g/mol. The summed E-state index contributed by atoms with van der Waals surface area (Å²) in [5, 5.41) is 12.0. The molecule has 3 nitrogen and oxygen atoms in total. The monoisotopic (exact) mass is 212 g/mol. The molecule has 0 saturated carbocycles. The molecule has 2 N–H and O–H groups in total. The third kappa shape index (κ3) is 4.25. The van der Waals surface area contributed by atoms with E-state index in [1.165, 1.54) is 12.3 Å². The van der Waals surface area contributed by atoms with Gasteiger partial charge >= 0.3 is 0 Å². The summed E-state index contributed by atoms with van der Waals surface area (Å²) in [5.41, 5.74) is 0.00478. The largest absolute Gasteiger partial charge is 0.396 e.